The lowest BCUT2D eigenvalue weighted by Crippen LogP contribution is -2.54. The molecule has 0 spiro atoms. The highest BCUT2D eigenvalue weighted by Gasteiger charge is 2.30. The standard InChI is InChI=1S/C16H33N3/c1-5-17(4)15-7-6-8-16(13-15)19-11-9-18(10-12-19)14(2)3/h14-16H,5-13H2,1-4H3/t15-,16-/m1/s1. The third-order valence-electron chi connectivity index (χ3n) is 5.34. The van der Waals surface area contributed by atoms with Crippen molar-refractivity contribution in [2.75, 3.05) is 39.8 Å². The van der Waals surface area contributed by atoms with Crippen molar-refractivity contribution in [2.24, 2.45) is 0 Å². The first-order chi connectivity index (χ1) is 9.11. The van der Waals surface area contributed by atoms with E-state index in [4.69, 9.17) is 0 Å². The molecule has 112 valence electrons. The predicted molar refractivity (Wildman–Crippen MR) is 82.6 cm³/mol. The quantitative estimate of drug-likeness (QED) is 0.774. The molecule has 1 aliphatic heterocycles. The Bertz CT molecular complexity index is 259. The molecule has 0 bridgehead atoms. The van der Waals surface area contributed by atoms with Crippen LogP contribution < -0.4 is 0 Å². The molecule has 0 N–H and O–H groups in total. The Morgan fingerprint density at radius 1 is 1.11 bits per heavy atom. The molecule has 0 unspecified atom stereocenters. The van der Waals surface area contributed by atoms with E-state index < -0.39 is 0 Å². The maximum Gasteiger partial charge on any atom is 0.0113 e. The first-order valence-electron chi connectivity index (χ1n) is 8.30. The highest BCUT2D eigenvalue weighted by Crippen LogP contribution is 2.27. The van der Waals surface area contributed by atoms with Crippen molar-refractivity contribution in [1.82, 2.24) is 14.7 Å². The fourth-order valence-corrected chi connectivity index (χ4v) is 3.75. The van der Waals surface area contributed by atoms with Crippen LogP contribution in [0.3, 0.4) is 0 Å². The second-order valence-electron chi connectivity index (χ2n) is 6.71. The van der Waals surface area contributed by atoms with Gasteiger partial charge < -0.3 is 4.90 Å². The van der Waals surface area contributed by atoms with E-state index in [1.807, 2.05) is 0 Å². The summed E-state index contributed by atoms with van der Waals surface area (Å²) in [6.45, 7) is 13.2. The highest BCUT2D eigenvalue weighted by atomic mass is 15.3. The Morgan fingerprint density at radius 2 is 1.79 bits per heavy atom. The molecule has 3 nitrogen and oxygen atoms in total. The second kappa shape index (κ2) is 7.05. The van der Waals surface area contributed by atoms with Crippen LogP contribution in [0, 0.1) is 0 Å². The Balaban J connectivity index is 1.82. The summed E-state index contributed by atoms with van der Waals surface area (Å²) in [6.07, 6.45) is 5.65. The molecule has 0 aromatic heterocycles. The molecule has 2 atom stereocenters. The van der Waals surface area contributed by atoms with Crippen molar-refractivity contribution in [3.8, 4) is 0 Å². The van der Waals surface area contributed by atoms with Gasteiger partial charge in [-0.15, -0.1) is 0 Å². The van der Waals surface area contributed by atoms with Crippen molar-refractivity contribution < 1.29 is 0 Å². The maximum absolute atomic E-state index is 2.77. The molecule has 1 saturated carbocycles. The first-order valence-corrected chi connectivity index (χ1v) is 8.30. The van der Waals surface area contributed by atoms with Crippen molar-refractivity contribution in [3.05, 3.63) is 0 Å². The van der Waals surface area contributed by atoms with Crippen LogP contribution in [0.1, 0.15) is 46.5 Å². The number of piperazine rings is 1. The lowest BCUT2D eigenvalue weighted by atomic mass is 9.88. The molecule has 2 fully saturated rings. The molecular weight excluding hydrogens is 234 g/mol. The van der Waals surface area contributed by atoms with E-state index in [2.05, 4.69) is 42.5 Å². The number of hydrogen-bond acceptors (Lipinski definition) is 3. The lowest BCUT2D eigenvalue weighted by Gasteiger charge is -2.44. The topological polar surface area (TPSA) is 9.72 Å². The maximum atomic E-state index is 2.77. The number of rotatable bonds is 4. The summed E-state index contributed by atoms with van der Waals surface area (Å²) in [7, 11) is 2.30. The number of nitrogens with zero attached hydrogens (tertiary/aromatic N) is 3. The molecule has 0 amide bonds. The zero-order valence-corrected chi connectivity index (χ0v) is 13.4. The van der Waals surface area contributed by atoms with Gasteiger partial charge in [-0.25, -0.2) is 0 Å². The van der Waals surface area contributed by atoms with Crippen LogP contribution in [0.15, 0.2) is 0 Å². The van der Waals surface area contributed by atoms with Crippen molar-refractivity contribution in [3.63, 3.8) is 0 Å². The van der Waals surface area contributed by atoms with E-state index in [1.165, 1.54) is 58.4 Å². The van der Waals surface area contributed by atoms with Crippen molar-refractivity contribution >= 4 is 0 Å². The normalized spacial score (nSPS) is 31.3. The molecule has 1 aliphatic carbocycles. The summed E-state index contributed by atoms with van der Waals surface area (Å²) >= 11 is 0. The fourth-order valence-electron chi connectivity index (χ4n) is 3.75. The minimum atomic E-state index is 0.715. The van der Waals surface area contributed by atoms with Crippen molar-refractivity contribution in [2.45, 2.75) is 64.6 Å². The fraction of sp³-hybridized carbons (Fsp3) is 1.00. The van der Waals surface area contributed by atoms with E-state index in [1.54, 1.807) is 0 Å². The summed E-state index contributed by atoms with van der Waals surface area (Å²) in [5, 5.41) is 0. The van der Waals surface area contributed by atoms with E-state index in [0.29, 0.717) is 6.04 Å². The van der Waals surface area contributed by atoms with E-state index >= 15 is 0 Å². The zero-order valence-electron chi connectivity index (χ0n) is 13.4. The Labute approximate surface area is 119 Å². The lowest BCUT2D eigenvalue weighted by molar-refractivity contribution is 0.0452. The van der Waals surface area contributed by atoms with Crippen LogP contribution in [-0.2, 0) is 0 Å². The average molecular weight is 267 g/mol. The van der Waals surface area contributed by atoms with Gasteiger partial charge in [0.05, 0.1) is 0 Å². The van der Waals surface area contributed by atoms with E-state index in [9.17, 15) is 0 Å². The highest BCUT2D eigenvalue weighted by molar-refractivity contribution is 4.87. The minimum Gasteiger partial charge on any atom is -0.304 e. The minimum absolute atomic E-state index is 0.715. The van der Waals surface area contributed by atoms with Gasteiger partial charge in [-0.05, 0) is 46.7 Å². The van der Waals surface area contributed by atoms with Gasteiger partial charge in [-0.2, -0.15) is 0 Å². The summed E-state index contributed by atoms with van der Waals surface area (Å²) in [4.78, 5) is 7.94. The van der Waals surface area contributed by atoms with Crippen LogP contribution in [0.25, 0.3) is 0 Å². The molecule has 0 aromatic carbocycles. The van der Waals surface area contributed by atoms with Gasteiger partial charge in [-0.3, -0.25) is 9.80 Å². The SMILES string of the molecule is CCN(C)[C@@H]1CCC[C@@H](N2CCN(C(C)C)CC2)C1. The molecule has 2 rings (SSSR count). The summed E-state index contributed by atoms with van der Waals surface area (Å²) in [5.41, 5.74) is 0. The van der Waals surface area contributed by atoms with Gasteiger partial charge in [0.25, 0.3) is 0 Å². The molecular formula is C16H33N3. The van der Waals surface area contributed by atoms with Crippen LogP contribution in [0.2, 0.25) is 0 Å². The van der Waals surface area contributed by atoms with Gasteiger partial charge in [0, 0.05) is 44.3 Å². The van der Waals surface area contributed by atoms with Crippen LogP contribution in [0.4, 0.5) is 0 Å². The third-order valence-corrected chi connectivity index (χ3v) is 5.34. The van der Waals surface area contributed by atoms with E-state index in [0.717, 1.165) is 12.1 Å². The van der Waals surface area contributed by atoms with Gasteiger partial charge in [-0.1, -0.05) is 13.3 Å². The molecule has 0 aromatic rings. The molecule has 1 heterocycles. The molecule has 0 radical (unpaired) electrons. The average Bonchev–Trinajstić information content (AvgIpc) is 2.46. The smallest absolute Gasteiger partial charge is 0.0113 e. The summed E-state index contributed by atoms with van der Waals surface area (Å²) in [5.74, 6) is 0. The summed E-state index contributed by atoms with van der Waals surface area (Å²) in [6, 6.07) is 2.39. The second-order valence-corrected chi connectivity index (χ2v) is 6.71. The molecule has 2 aliphatic rings. The third kappa shape index (κ3) is 3.93. The zero-order chi connectivity index (χ0) is 13.8. The van der Waals surface area contributed by atoms with Gasteiger partial charge in [0.2, 0.25) is 0 Å². The Hall–Kier alpha value is -0.120. The first kappa shape index (κ1) is 15.3. The van der Waals surface area contributed by atoms with Gasteiger partial charge in [0.15, 0.2) is 0 Å². The monoisotopic (exact) mass is 267 g/mol. The summed E-state index contributed by atoms with van der Waals surface area (Å²) < 4.78 is 0. The molecule has 1 saturated heterocycles. The van der Waals surface area contributed by atoms with E-state index in [-0.39, 0.29) is 0 Å². The Morgan fingerprint density at radius 3 is 2.37 bits per heavy atom. The largest absolute Gasteiger partial charge is 0.304 e. The van der Waals surface area contributed by atoms with Crippen LogP contribution >= 0.6 is 0 Å². The molecule has 3 heteroatoms. The van der Waals surface area contributed by atoms with Gasteiger partial charge >= 0.3 is 0 Å². The number of hydrogen-bond donors (Lipinski definition) is 0. The van der Waals surface area contributed by atoms with Crippen molar-refractivity contribution in [1.29, 1.82) is 0 Å². The van der Waals surface area contributed by atoms with Crippen LogP contribution in [-0.4, -0.2) is 72.6 Å². The predicted octanol–water partition coefficient (Wildman–Crippen LogP) is 2.28. The van der Waals surface area contributed by atoms with Gasteiger partial charge in [0.1, 0.15) is 0 Å². The molecule has 19 heavy (non-hydrogen) atoms. The van der Waals surface area contributed by atoms with Crippen LogP contribution in [0.5, 0.6) is 0 Å². The Kier molecular flexibility index (Phi) is 5.67.